The minimum Gasteiger partial charge on any atom is -0.482 e. The van der Waals surface area contributed by atoms with Crippen LogP contribution in [0.25, 0.3) is 10.9 Å². The second-order valence-corrected chi connectivity index (χ2v) is 11.1. The number of carboxylic acids is 2. The summed E-state index contributed by atoms with van der Waals surface area (Å²) in [4.78, 5) is 51.6. The van der Waals surface area contributed by atoms with Crippen LogP contribution in [0, 0.1) is 0 Å². The van der Waals surface area contributed by atoms with Crippen LogP contribution >= 0.6 is 11.6 Å². The molecule has 2 amide bonds. The van der Waals surface area contributed by atoms with Crippen LogP contribution in [0.5, 0.6) is 5.75 Å². The summed E-state index contributed by atoms with van der Waals surface area (Å²) in [5, 5.41) is 23.0. The SMILES string of the molecule is CC(C)(C)OC(=O)NCc1ccc(C(C(N)=O)C2CCc3cc(Cl)cc4[nH]c(C(=O)O)c2c34)c(OCC(=O)O)c1. The number of ether oxygens (including phenoxy) is 2. The molecule has 0 radical (unpaired) electrons. The zero-order chi connectivity index (χ0) is 29.4. The Hall–Kier alpha value is -4.25. The standard InChI is InChI=1S/C28H30ClN3O8/c1-28(2,3)40-27(38)31-11-13-4-6-16(19(8-13)39-12-20(33)34)22(25(30)35)17-7-5-14-9-15(29)10-18-21(14)23(17)24(32-18)26(36)37/h4,6,8-10,17,22,32H,5,7,11-12H2,1-3H3,(H2,30,35)(H,31,38)(H,33,34)(H,36,37). The molecule has 212 valence electrons. The van der Waals surface area contributed by atoms with Crippen LogP contribution in [0.15, 0.2) is 30.3 Å². The van der Waals surface area contributed by atoms with Gasteiger partial charge in [-0.15, -0.1) is 0 Å². The van der Waals surface area contributed by atoms with Gasteiger partial charge in [0.1, 0.15) is 17.0 Å². The molecular weight excluding hydrogens is 542 g/mol. The number of hydrogen-bond donors (Lipinski definition) is 5. The zero-order valence-electron chi connectivity index (χ0n) is 22.2. The number of halogens is 1. The highest BCUT2D eigenvalue weighted by molar-refractivity contribution is 6.31. The summed E-state index contributed by atoms with van der Waals surface area (Å²) in [6.45, 7) is 4.54. The predicted molar refractivity (Wildman–Crippen MR) is 146 cm³/mol. The molecule has 1 aliphatic carbocycles. The van der Waals surface area contributed by atoms with E-state index in [1.165, 1.54) is 6.07 Å². The number of carbonyl (C=O) groups excluding carboxylic acids is 2. The Morgan fingerprint density at radius 3 is 2.52 bits per heavy atom. The molecule has 1 heterocycles. The maximum atomic E-state index is 13.0. The summed E-state index contributed by atoms with van der Waals surface area (Å²) in [6.07, 6.45) is 0.255. The maximum Gasteiger partial charge on any atom is 0.407 e. The van der Waals surface area contributed by atoms with Crippen LogP contribution in [0.2, 0.25) is 5.02 Å². The van der Waals surface area contributed by atoms with E-state index in [0.717, 1.165) is 5.56 Å². The molecule has 1 aliphatic rings. The lowest BCUT2D eigenvalue weighted by Crippen LogP contribution is -2.32. The third-order valence-corrected chi connectivity index (χ3v) is 6.82. The van der Waals surface area contributed by atoms with E-state index >= 15 is 0 Å². The number of nitrogens with one attached hydrogen (secondary N) is 2. The first-order valence-electron chi connectivity index (χ1n) is 12.6. The predicted octanol–water partition coefficient (Wildman–Crippen LogP) is 4.31. The number of rotatable bonds is 9. The van der Waals surface area contributed by atoms with Crippen LogP contribution in [0.4, 0.5) is 4.79 Å². The van der Waals surface area contributed by atoms with Crippen molar-refractivity contribution in [1.29, 1.82) is 0 Å². The largest absolute Gasteiger partial charge is 0.482 e. The second-order valence-electron chi connectivity index (χ2n) is 10.6. The van der Waals surface area contributed by atoms with Crippen molar-refractivity contribution >= 4 is 46.4 Å². The Balaban J connectivity index is 1.77. The summed E-state index contributed by atoms with van der Waals surface area (Å²) < 4.78 is 10.8. The van der Waals surface area contributed by atoms with Gasteiger partial charge in [0.05, 0.1) is 5.92 Å². The average Bonchev–Trinajstić information content (AvgIpc) is 3.23. The van der Waals surface area contributed by atoms with E-state index in [-0.39, 0.29) is 18.0 Å². The average molecular weight is 572 g/mol. The molecule has 0 saturated carbocycles. The minimum absolute atomic E-state index is 0.0407. The van der Waals surface area contributed by atoms with Gasteiger partial charge in [0.25, 0.3) is 0 Å². The van der Waals surface area contributed by atoms with Crippen molar-refractivity contribution in [2.75, 3.05) is 6.61 Å². The molecule has 2 aromatic carbocycles. The highest BCUT2D eigenvalue weighted by atomic mass is 35.5. The number of aromatic nitrogens is 1. The fourth-order valence-corrected chi connectivity index (χ4v) is 5.44. The molecule has 40 heavy (non-hydrogen) atoms. The molecule has 11 nitrogen and oxygen atoms in total. The number of carbonyl (C=O) groups is 4. The van der Waals surface area contributed by atoms with Crippen molar-refractivity contribution in [3.63, 3.8) is 0 Å². The number of H-pyrrole nitrogens is 1. The lowest BCUT2D eigenvalue weighted by molar-refractivity contribution is -0.139. The van der Waals surface area contributed by atoms with Gasteiger partial charge in [-0.3, -0.25) is 4.79 Å². The van der Waals surface area contributed by atoms with E-state index in [2.05, 4.69) is 10.3 Å². The summed E-state index contributed by atoms with van der Waals surface area (Å²) in [7, 11) is 0. The van der Waals surface area contributed by atoms with Crippen LogP contribution in [-0.4, -0.2) is 51.3 Å². The van der Waals surface area contributed by atoms with E-state index in [0.29, 0.717) is 45.5 Å². The number of carboxylic acid groups (broad SMARTS) is 2. The molecule has 2 atom stereocenters. The Morgan fingerprint density at radius 2 is 1.90 bits per heavy atom. The molecule has 3 aromatic rings. The minimum atomic E-state index is -1.23. The molecule has 12 heteroatoms. The number of primary amides is 1. The Morgan fingerprint density at radius 1 is 1.18 bits per heavy atom. The molecule has 1 aromatic heterocycles. The zero-order valence-corrected chi connectivity index (χ0v) is 22.9. The quantitative estimate of drug-likeness (QED) is 0.252. The number of aliphatic carboxylic acids is 1. The van der Waals surface area contributed by atoms with Gasteiger partial charge in [0, 0.05) is 34.0 Å². The fraction of sp³-hybridized carbons (Fsp3) is 0.357. The molecule has 0 saturated heterocycles. The molecule has 2 unspecified atom stereocenters. The van der Waals surface area contributed by atoms with Crippen molar-refractivity contribution in [3.05, 3.63) is 63.3 Å². The van der Waals surface area contributed by atoms with E-state index in [1.807, 2.05) is 0 Å². The number of aromatic amines is 1. The smallest absolute Gasteiger partial charge is 0.407 e. The van der Waals surface area contributed by atoms with Gasteiger partial charge in [-0.1, -0.05) is 23.7 Å². The molecule has 0 fully saturated rings. The Labute approximate surface area is 234 Å². The van der Waals surface area contributed by atoms with E-state index < -0.39 is 48.0 Å². The number of amides is 2. The van der Waals surface area contributed by atoms with Gasteiger partial charge in [-0.2, -0.15) is 0 Å². The van der Waals surface area contributed by atoms with Gasteiger partial charge < -0.3 is 35.7 Å². The number of benzene rings is 2. The highest BCUT2D eigenvalue weighted by Gasteiger charge is 2.39. The highest BCUT2D eigenvalue weighted by Crippen LogP contribution is 2.48. The molecular formula is C28H30ClN3O8. The van der Waals surface area contributed by atoms with Crippen molar-refractivity contribution < 1.29 is 38.9 Å². The summed E-state index contributed by atoms with van der Waals surface area (Å²) in [5.41, 5.74) is 7.85. The second kappa shape index (κ2) is 11.1. The molecule has 4 rings (SSSR count). The van der Waals surface area contributed by atoms with Crippen molar-refractivity contribution in [3.8, 4) is 5.75 Å². The number of aromatic carboxylic acids is 1. The van der Waals surface area contributed by atoms with Crippen LogP contribution in [-0.2, 0) is 27.3 Å². The first-order chi connectivity index (χ1) is 18.7. The van der Waals surface area contributed by atoms with Crippen LogP contribution in [0.1, 0.15) is 71.8 Å². The Kier molecular flexibility index (Phi) is 7.97. The number of hydrogen-bond acceptors (Lipinski definition) is 6. The van der Waals surface area contributed by atoms with E-state index in [1.54, 1.807) is 45.0 Å². The topological polar surface area (TPSA) is 181 Å². The Bertz CT molecular complexity index is 1510. The number of alkyl carbamates (subject to hydrolysis) is 1. The third-order valence-electron chi connectivity index (χ3n) is 6.60. The van der Waals surface area contributed by atoms with Crippen molar-refractivity contribution in [2.45, 2.75) is 57.6 Å². The van der Waals surface area contributed by atoms with Gasteiger partial charge in [0.2, 0.25) is 5.91 Å². The van der Waals surface area contributed by atoms with E-state index in [9.17, 15) is 29.4 Å². The van der Waals surface area contributed by atoms with E-state index in [4.69, 9.17) is 26.8 Å². The van der Waals surface area contributed by atoms with Gasteiger partial charge >= 0.3 is 18.0 Å². The fourth-order valence-electron chi connectivity index (χ4n) is 5.20. The molecule has 0 aliphatic heterocycles. The van der Waals surface area contributed by atoms with Crippen molar-refractivity contribution in [1.82, 2.24) is 10.3 Å². The first kappa shape index (κ1) is 28.8. The van der Waals surface area contributed by atoms with Crippen LogP contribution < -0.4 is 15.8 Å². The number of aryl methyl sites for hydroxylation is 1. The molecule has 0 bridgehead atoms. The van der Waals surface area contributed by atoms with Gasteiger partial charge in [-0.25, -0.2) is 14.4 Å². The summed E-state index contributed by atoms with van der Waals surface area (Å²) >= 11 is 6.25. The van der Waals surface area contributed by atoms with Crippen molar-refractivity contribution in [2.24, 2.45) is 5.73 Å². The lowest BCUT2D eigenvalue weighted by Gasteiger charge is -2.30. The molecule has 6 N–H and O–H groups in total. The lowest BCUT2D eigenvalue weighted by atomic mass is 9.73. The monoisotopic (exact) mass is 571 g/mol. The van der Waals surface area contributed by atoms with Gasteiger partial charge in [0.15, 0.2) is 6.61 Å². The first-order valence-corrected chi connectivity index (χ1v) is 12.9. The third kappa shape index (κ3) is 6.15. The van der Waals surface area contributed by atoms with Gasteiger partial charge in [-0.05, 0) is 68.5 Å². The number of nitrogens with two attached hydrogens (primary N) is 1. The van der Waals surface area contributed by atoms with Crippen LogP contribution in [0.3, 0.4) is 0 Å². The summed E-state index contributed by atoms with van der Waals surface area (Å²) in [5.74, 6) is -4.77. The summed E-state index contributed by atoms with van der Waals surface area (Å²) in [6, 6.07) is 8.16. The maximum absolute atomic E-state index is 13.0. The molecule has 0 spiro atoms. The normalized spacial score (nSPS) is 15.3.